The first-order chi connectivity index (χ1) is 16.5. The lowest BCUT2D eigenvalue weighted by Crippen LogP contribution is -2.34. The van der Waals surface area contributed by atoms with E-state index in [0.29, 0.717) is 27.9 Å². The summed E-state index contributed by atoms with van der Waals surface area (Å²) in [7, 11) is 0. The molecule has 0 saturated heterocycles. The highest BCUT2D eigenvalue weighted by Crippen LogP contribution is 2.42. The number of benzene rings is 3. The number of fused-ring (bicyclic) bond motifs is 2. The molecule has 0 unspecified atom stereocenters. The number of carbonyl (C=O) groups excluding carboxylic acids is 2. The van der Waals surface area contributed by atoms with Crippen LogP contribution in [0.5, 0.6) is 0 Å². The number of urea groups is 1. The predicted octanol–water partition coefficient (Wildman–Crippen LogP) is 4.62. The number of aliphatic hydroxyl groups is 2. The van der Waals surface area contributed by atoms with Gasteiger partial charge in [0.15, 0.2) is 0 Å². The van der Waals surface area contributed by atoms with Crippen molar-refractivity contribution in [2.45, 2.75) is 31.6 Å². The van der Waals surface area contributed by atoms with E-state index in [2.05, 4.69) is 10.6 Å². The third-order valence-electron chi connectivity index (χ3n) is 6.39. The van der Waals surface area contributed by atoms with Crippen LogP contribution in [0.1, 0.15) is 58.6 Å². The van der Waals surface area contributed by atoms with Gasteiger partial charge in [-0.05, 0) is 55.8 Å². The number of halogens is 2. The molecule has 7 nitrogen and oxygen atoms in total. The van der Waals surface area contributed by atoms with Crippen LogP contribution < -0.4 is 15.5 Å². The molecule has 0 aliphatic carbocycles. The Morgan fingerprint density at radius 1 is 1.17 bits per heavy atom. The zero-order valence-electron chi connectivity index (χ0n) is 19.0. The van der Waals surface area contributed by atoms with Gasteiger partial charge in [-0.2, -0.15) is 0 Å². The van der Waals surface area contributed by atoms with Crippen molar-refractivity contribution in [3.05, 3.63) is 93.3 Å². The fourth-order valence-electron chi connectivity index (χ4n) is 4.62. The maximum absolute atomic E-state index is 14.1. The molecule has 4 N–H and O–H groups in total. The third-order valence-corrected chi connectivity index (χ3v) is 6.74. The number of aliphatic hydroxyl groups excluding tert-OH is 1. The average Bonchev–Trinajstić information content (AvgIpc) is 3.32. The first kappa shape index (κ1) is 23.3. The number of nitrogens with zero attached hydrogens (tertiary/aromatic N) is 1. The summed E-state index contributed by atoms with van der Waals surface area (Å²) in [6, 6.07) is 12.7. The van der Waals surface area contributed by atoms with E-state index >= 15 is 0 Å². The van der Waals surface area contributed by atoms with Gasteiger partial charge in [0.2, 0.25) is 0 Å². The fourth-order valence-corrected chi connectivity index (χ4v) is 4.85. The summed E-state index contributed by atoms with van der Waals surface area (Å²) in [5.74, 6) is -0.956. The van der Waals surface area contributed by atoms with E-state index in [1.54, 1.807) is 50.2 Å². The Bertz CT molecular complexity index is 1370. The van der Waals surface area contributed by atoms with Crippen LogP contribution in [0.15, 0.2) is 54.6 Å². The van der Waals surface area contributed by atoms with Gasteiger partial charge in [-0.15, -0.1) is 0 Å². The van der Waals surface area contributed by atoms with E-state index in [0.717, 1.165) is 0 Å². The van der Waals surface area contributed by atoms with Crippen molar-refractivity contribution < 1.29 is 24.2 Å². The van der Waals surface area contributed by atoms with Crippen molar-refractivity contribution in [3.8, 4) is 0 Å². The second-order valence-corrected chi connectivity index (χ2v) is 9.64. The van der Waals surface area contributed by atoms with Gasteiger partial charge in [0.1, 0.15) is 5.82 Å². The van der Waals surface area contributed by atoms with E-state index in [1.165, 1.54) is 23.1 Å². The first-order valence-electron chi connectivity index (χ1n) is 11.1. The topological polar surface area (TPSA) is 102 Å². The summed E-state index contributed by atoms with van der Waals surface area (Å²) >= 11 is 6.35. The largest absolute Gasteiger partial charge is 0.386 e. The molecule has 3 amide bonds. The molecule has 0 fully saturated rings. The molecule has 0 aromatic heterocycles. The Morgan fingerprint density at radius 2 is 1.91 bits per heavy atom. The molecule has 0 spiro atoms. The molecular weight excluding hydrogens is 473 g/mol. The van der Waals surface area contributed by atoms with Crippen LogP contribution in [0, 0.1) is 5.82 Å². The van der Waals surface area contributed by atoms with Gasteiger partial charge < -0.3 is 20.8 Å². The van der Waals surface area contributed by atoms with Crippen molar-refractivity contribution in [3.63, 3.8) is 0 Å². The lowest BCUT2D eigenvalue weighted by molar-refractivity contribution is 0.0785. The smallest absolute Gasteiger partial charge is 0.326 e. The molecule has 2 atom stereocenters. The normalized spacial score (nSPS) is 18.8. The second-order valence-electron chi connectivity index (χ2n) is 9.23. The van der Waals surface area contributed by atoms with Gasteiger partial charge >= 0.3 is 6.03 Å². The van der Waals surface area contributed by atoms with Gasteiger partial charge in [0.25, 0.3) is 5.91 Å². The number of carbonyl (C=O) groups is 2. The third kappa shape index (κ3) is 4.03. The van der Waals surface area contributed by atoms with E-state index in [-0.39, 0.29) is 22.8 Å². The van der Waals surface area contributed by atoms with E-state index in [9.17, 15) is 24.2 Å². The number of amides is 3. The minimum Gasteiger partial charge on any atom is -0.386 e. The van der Waals surface area contributed by atoms with Crippen LogP contribution in [0.4, 0.5) is 20.6 Å². The molecule has 0 saturated carbocycles. The number of rotatable bonds is 3. The van der Waals surface area contributed by atoms with Gasteiger partial charge in [-0.3, -0.25) is 9.69 Å². The maximum Gasteiger partial charge on any atom is 0.326 e. The van der Waals surface area contributed by atoms with Crippen LogP contribution in [0.25, 0.3) is 0 Å². The lowest BCUT2D eigenvalue weighted by Gasteiger charge is -2.24. The number of hydrogen-bond acceptors (Lipinski definition) is 4. The predicted molar refractivity (Wildman–Crippen MR) is 130 cm³/mol. The molecular formula is C26H23ClFN3O4. The van der Waals surface area contributed by atoms with Crippen LogP contribution in [-0.4, -0.2) is 28.7 Å². The van der Waals surface area contributed by atoms with Crippen molar-refractivity contribution in [1.29, 1.82) is 0 Å². The summed E-state index contributed by atoms with van der Waals surface area (Å²) in [5.41, 5.74) is 1.59. The van der Waals surface area contributed by atoms with E-state index < -0.39 is 35.5 Å². The molecule has 0 radical (unpaired) electrons. The Balaban J connectivity index is 1.61. The molecule has 0 bridgehead atoms. The van der Waals surface area contributed by atoms with Crippen LogP contribution in [0.2, 0.25) is 5.02 Å². The summed E-state index contributed by atoms with van der Waals surface area (Å²) in [4.78, 5) is 27.7. The minimum absolute atomic E-state index is 0.0644. The summed E-state index contributed by atoms with van der Waals surface area (Å²) in [6.45, 7) is 3.21. The van der Waals surface area contributed by atoms with Crippen LogP contribution >= 0.6 is 11.6 Å². The number of β-amino-alcohol motifs (C(OH)–C–C–N with tert-alkyl or cyclic N) is 1. The highest BCUT2D eigenvalue weighted by molar-refractivity contribution is 6.31. The number of para-hydroxylation sites is 1. The zero-order chi connectivity index (χ0) is 25.1. The van der Waals surface area contributed by atoms with Crippen molar-refractivity contribution in [1.82, 2.24) is 5.32 Å². The van der Waals surface area contributed by atoms with E-state index in [4.69, 9.17) is 11.6 Å². The Kier molecular flexibility index (Phi) is 5.55. The standard InChI is InChI=1S/C26H23ClFN3O4/c1-26(2,35)13-9-17-22(23(30-24(17)33)16-11-14(28)7-8-18(16)27)19(10-13)29-25(34)31-12-21(32)15-5-3-4-6-20(15)31/h3-11,21,23,32,35H,12H2,1-2H3,(H,29,34)(H,30,33)/t21-,23-/m1/s1. The molecule has 3 aromatic rings. The van der Waals surface area contributed by atoms with Crippen molar-refractivity contribution in [2.24, 2.45) is 0 Å². The average molecular weight is 496 g/mol. The molecule has 180 valence electrons. The highest BCUT2D eigenvalue weighted by Gasteiger charge is 2.37. The molecule has 3 aromatic carbocycles. The van der Waals surface area contributed by atoms with Gasteiger partial charge in [0, 0.05) is 33.0 Å². The van der Waals surface area contributed by atoms with E-state index in [1.807, 2.05) is 0 Å². The Morgan fingerprint density at radius 3 is 2.66 bits per heavy atom. The number of anilines is 2. The van der Waals surface area contributed by atoms with Gasteiger partial charge in [0.05, 0.1) is 30.0 Å². The monoisotopic (exact) mass is 495 g/mol. The summed E-state index contributed by atoms with van der Waals surface area (Å²) in [6.07, 6.45) is -0.826. The van der Waals surface area contributed by atoms with Crippen molar-refractivity contribution in [2.75, 3.05) is 16.8 Å². The van der Waals surface area contributed by atoms with Crippen molar-refractivity contribution >= 4 is 34.9 Å². The highest BCUT2D eigenvalue weighted by atomic mass is 35.5. The molecule has 2 aliphatic rings. The van der Waals surface area contributed by atoms with Gasteiger partial charge in [-0.1, -0.05) is 29.8 Å². The minimum atomic E-state index is -1.31. The summed E-state index contributed by atoms with van der Waals surface area (Å²) < 4.78 is 14.1. The molecule has 35 heavy (non-hydrogen) atoms. The summed E-state index contributed by atoms with van der Waals surface area (Å²) in [5, 5.41) is 27.0. The SMILES string of the molecule is CC(C)(O)c1cc(NC(=O)N2C[C@@H](O)c3ccccc32)c2c(c1)C(=O)N[C@@H]2c1cc(F)ccc1Cl. The molecule has 2 aliphatic heterocycles. The first-order valence-corrected chi connectivity index (χ1v) is 11.4. The fraction of sp³-hybridized carbons (Fsp3) is 0.231. The maximum atomic E-state index is 14.1. The lowest BCUT2D eigenvalue weighted by atomic mass is 9.90. The molecule has 5 rings (SSSR count). The quantitative estimate of drug-likeness (QED) is 0.425. The zero-order valence-corrected chi connectivity index (χ0v) is 19.7. The van der Waals surface area contributed by atoms with Gasteiger partial charge in [-0.25, -0.2) is 9.18 Å². The Hall–Kier alpha value is -3.46. The van der Waals surface area contributed by atoms with Crippen LogP contribution in [-0.2, 0) is 5.60 Å². The number of hydrogen-bond donors (Lipinski definition) is 4. The second kappa shape index (κ2) is 8.34. The number of nitrogens with one attached hydrogen (secondary N) is 2. The Labute approximate surface area is 206 Å². The molecule has 9 heteroatoms. The van der Waals surface area contributed by atoms with Crippen LogP contribution in [0.3, 0.4) is 0 Å². The molecule has 2 heterocycles.